The third-order valence-electron chi connectivity index (χ3n) is 3.62. The van der Waals surface area contributed by atoms with Gasteiger partial charge < -0.3 is 28.5 Å². The fraction of sp³-hybridized carbons (Fsp3) is 1.00. The zero-order valence-electron chi connectivity index (χ0n) is 15.6. The first kappa shape index (κ1) is 22.9. The molecule has 0 rings (SSSR count). The Morgan fingerprint density at radius 2 is 1.52 bits per heavy atom. The average Bonchev–Trinajstić information content (AvgIpc) is 2.57. The second kappa shape index (κ2) is 12.3. The van der Waals surface area contributed by atoms with Crippen LogP contribution in [0.25, 0.3) is 0 Å². The van der Waals surface area contributed by atoms with Gasteiger partial charge in [0, 0.05) is 40.5 Å². The first-order valence-corrected chi connectivity index (χ1v) is 10.00. The van der Waals surface area contributed by atoms with Gasteiger partial charge >= 0.3 is 9.05 Å². The Morgan fingerprint density at radius 1 is 0.957 bits per heavy atom. The van der Waals surface area contributed by atoms with Gasteiger partial charge in [0.2, 0.25) is 0 Å². The Hall–Kier alpha value is -0.0631. The van der Waals surface area contributed by atoms with E-state index in [4.69, 9.17) is 32.9 Å². The van der Waals surface area contributed by atoms with Crippen LogP contribution in [0.1, 0.15) is 46.5 Å². The maximum Gasteiger partial charge on any atom is 0.683 e. The Bertz CT molecular complexity index is 285. The van der Waals surface area contributed by atoms with Crippen molar-refractivity contribution in [2.45, 2.75) is 52.4 Å². The van der Waals surface area contributed by atoms with Crippen LogP contribution in [-0.4, -0.2) is 56.1 Å². The molecule has 0 radical (unpaired) electrons. The number of hydrogen-bond acceptors (Lipinski definition) is 7. The van der Waals surface area contributed by atoms with Crippen LogP contribution in [0.2, 0.25) is 0 Å². The van der Waals surface area contributed by atoms with Crippen molar-refractivity contribution in [1.29, 1.82) is 0 Å². The van der Waals surface area contributed by atoms with Crippen molar-refractivity contribution in [2.24, 2.45) is 11.7 Å². The molecule has 0 bridgehead atoms. The molecule has 1 atom stereocenters. The maximum atomic E-state index is 6.15. The van der Waals surface area contributed by atoms with E-state index in [2.05, 4.69) is 6.92 Å². The summed E-state index contributed by atoms with van der Waals surface area (Å²) in [4.78, 5) is 0. The van der Waals surface area contributed by atoms with E-state index in [1.165, 1.54) is 7.11 Å². The highest BCUT2D eigenvalue weighted by Gasteiger charge is 2.55. The molecule has 7 nitrogen and oxygen atoms in total. The Kier molecular flexibility index (Phi) is 12.3. The van der Waals surface area contributed by atoms with Crippen LogP contribution in [0.5, 0.6) is 0 Å². The number of hydrogen-bond donors (Lipinski definition) is 1. The van der Waals surface area contributed by atoms with Crippen molar-refractivity contribution in [3.05, 3.63) is 0 Å². The minimum absolute atomic E-state index is 0.00557. The molecule has 2 N–H and O–H groups in total. The van der Waals surface area contributed by atoms with Gasteiger partial charge in [-0.15, -0.1) is 0 Å². The standard InChI is InChI=1S/C15H35NO6Si/c1-7-11-14(12-10-13-16)15(17-4,18-5)22-23(19-6,20-8-2)21-9-3/h14H,7-13,16H2,1-6H3. The Labute approximate surface area is 142 Å². The lowest BCUT2D eigenvalue weighted by Crippen LogP contribution is -2.59. The molecule has 0 aliphatic carbocycles. The van der Waals surface area contributed by atoms with Gasteiger partial charge in [0.05, 0.1) is 0 Å². The summed E-state index contributed by atoms with van der Waals surface area (Å²) >= 11 is 0. The normalized spacial score (nSPS) is 14.2. The van der Waals surface area contributed by atoms with Crippen molar-refractivity contribution >= 4 is 9.05 Å². The Balaban J connectivity index is 5.49. The van der Waals surface area contributed by atoms with Crippen molar-refractivity contribution in [2.75, 3.05) is 41.1 Å². The van der Waals surface area contributed by atoms with Gasteiger partial charge in [-0.1, -0.05) is 13.3 Å². The van der Waals surface area contributed by atoms with Crippen LogP contribution in [0, 0.1) is 5.92 Å². The molecule has 0 aliphatic rings. The number of methoxy groups -OCH3 is 2. The highest BCUT2D eigenvalue weighted by Crippen LogP contribution is 2.35. The van der Waals surface area contributed by atoms with E-state index < -0.39 is 15.0 Å². The lowest BCUT2D eigenvalue weighted by molar-refractivity contribution is -0.374. The number of nitrogens with two attached hydrogens (primary N) is 1. The van der Waals surface area contributed by atoms with Crippen LogP contribution in [0.3, 0.4) is 0 Å². The van der Waals surface area contributed by atoms with Crippen LogP contribution < -0.4 is 5.73 Å². The molecular formula is C15H35NO6Si. The topological polar surface area (TPSA) is 81.4 Å². The first-order valence-electron chi connectivity index (χ1n) is 8.37. The van der Waals surface area contributed by atoms with E-state index in [1.807, 2.05) is 13.8 Å². The second-order valence-corrected chi connectivity index (χ2v) is 7.29. The lowest BCUT2D eigenvalue weighted by Gasteiger charge is -2.41. The van der Waals surface area contributed by atoms with E-state index in [0.29, 0.717) is 19.8 Å². The van der Waals surface area contributed by atoms with Crippen LogP contribution in [0.4, 0.5) is 0 Å². The summed E-state index contributed by atoms with van der Waals surface area (Å²) in [5.74, 6) is -1.29. The highest BCUT2D eigenvalue weighted by molar-refractivity contribution is 6.53. The largest absolute Gasteiger partial charge is 0.683 e. The molecular weight excluding hydrogens is 318 g/mol. The third kappa shape index (κ3) is 6.75. The maximum absolute atomic E-state index is 6.15. The molecule has 0 fully saturated rings. The smallest absolute Gasteiger partial charge is 0.354 e. The number of ether oxygens (including phenoxy) is 2. The second-order valence-electron chi connectivity index (χ2n) is 5.10. The molecule has 0 aromatic carbocycles. The summed E-state index contributed by atoms with van der Waals surface area (Å²) in [6.07, 6.45) is 3.51. The molecule has 0 spiro atoms. The van der Waals surface area contributed by atoms with Gasteiger partial charge in [0.25, 0.3) is 5.97 Å². The molecule has 0 saturated heterocycles. The van der Waals surface area contributed by atoms with Crippen molar-refractivity contribution in [3.63, 3.8) is 0 Å². The summed E-state index contributed by atoms with van der Waals surface area (Å²) in [6, 6.07) is 0. The molecule has 8 heteroatoms. The molecule has 0 heterocycles. The van der Waals surface area contributed by atoms with Gasteiger partial charge in [-0.3, -0.25) is 4.43 Å². The van der Waals surface area contributed by atoms with E-state index in [1.54, 1.807) is 14.2 Å². The Morgan fingerprint density at radius 3 is 1.87 bits per heavy atom. The summed E-state index contributed by atoms with van der Waals surface area (Å²) in [5.41, 5.74) is 5.66. The molecule has 0 aliphatic heterocycles. The molecule has 0 aromatic rings. The minimum Gasteiger partial charge on any atom is -0.354 e. The number of rotatable bonds is 15. The summed E-state index contributed by atoms with van der Waals surface area (Å²) in [7, 11) is 1.27. The van der Waals surface area contributed by atoms with Crippen molar-refractivity contribution < 1.29 is 27.2 Å². The van der Waals surface area contributed by atoms with Crippen LogP contribution in [-0.2, 0) is 27.2 Å². The zero-order chi connectivity index (χ0) is 17.8. The van der Waals surface area contributed by atoms with Gasteiger partial charge in [-0.05, 0) is 39.7 Å². The fourth-order valence-electron chi connectivity index (χ4n) is 2.58. The predicted molar refractivity (Wildman–Crippen MR) is 90.5 cm³/mol. The van der Waals surface area contributed by atoms with Crippen LogP contribution >= 0.6 is 0 Å². The first-order chi connectivity index (χ1) is 11.0. The fourth-order valence-corrected chi connectivity index (χ4v) is 4.49. The molecule has 1 unspecified atom stereocenters. The molecule has 23 heavy (non-hydrogen) atoms. The zero-order valence-corrected chi connectivity index (χ0v) is 16.6. The van der Waals surface area contributed by atoms with E-state index in [-0.39, 0.29) is 5.92 Å². The lowest BCUT2D eigenvalue weighted by atomic mass is 9.95. The average molecular weight is 354 g/mol. The predicted octanol–water partition coefficient (Wildman–Crippen LogP) is 2.26. The summed E-state index contributed by atoms with van der Waals surface area (Å²) in [6.45, 7) is 7.26. The summed E-state index contributed by atoms with van der Waals surface area (Å²) < 4.78 is 34.4. The summed E-state index contributed by atoms with van der Waals surface area (Å²) in [5, 5.41) is 0. The van der Waals surface area contributed by atoms with Gasteiger partial charge in [-0.2, -0.15) is 0 Å². The molecule has 140 valence electrons. The third-order valence-corrected chi connectivity index (χ3v) is 5.94. The highest BCUT2D eigenvalue weighted by atomic mass is 28.4. The minimum atomic E-state index is -3.36. The molecule has 0 aromatic heterocycles. The SMILES string of the molecule is CCCC(CCCN)C(OC)(OC)O[Si](OC)(OCC)OCC. The van der Waals surface area contributed by atoms with Gasteiger partial charge in [0.15, 0.2) is 0 Å². The van der Waals surface area contributed by atoms with Gasteiger partial charge in [-0.25, -0.2) is 0 Å². The molecule has 0 amide bonds. The monoisotopic (exact) mass is 353 g/mol. The van der Waals surface area contributed by atoms with Crippen LogP contribution in [0.15, 0.2) is 0 Å². The van der Waals surface area contributed by atoms with E-state index >= 15 is 0 Å². The quantitative estimate of drug-likeness (QED) is 0.357. The van der Waals surface area contributed by atoms with E-state index in [9.17, 15) is 0 Å². The molecule has 0 saturated carbocycles. The van der Waals surface area contributed by atoms with Crippen molar-refractivity contribution in [3.8, 4) is 0 Å². The van der Waals surface area contributed by atoms with Crippen molar-refractivity contribution in [1.82, 2.24) is 0 Å². The van der Waals surface area contributed by atoms with E-state index in [0.717, 1.165) is 25.7 Å². The van der Waals surface area contributed by atoms with Gasteiger partial charge in [0.1, 0.15) is 0 Å².